The summed E-state index contributed by atoms with van der Waals surface area (Å²) in [6.07, 6.45) is 0. The average molecular weight is 462 g/mol. The normalized spacial score (nSPS) is 12.6. The monoisotopic (exact) mass is 461 g/mol. The van der Waals surface area contributed by atoms with Crippen molar-refractivity contribution in [2.45, 2.75) is 45.6 Å². The molecule has 2 aromatic carbocycles. The standard InChI is InChI=1S/C23H31N3O5S/c1-7-26(17-11-9-8-10-12-17)32(29,30)18-13-14-20(31-6)19(15-18)25-21(27)16(2)24-22(28)23(3,4)5/h8-16H,7H2,1-6H3,(H,24,28)(H,25,27)/t16-/m0/s1. The van der Waals surface area contributed by atoms with E-state index in [1.807, 2.05) is 6.07 Å². The van der Waals surface area contributed by atoms with Crippen LogP contribution in [0.1, 0.15) is 34.6 Å². The van der Waals surface area contributed by atoms with Gasteiger partial charge in [0.1, 0.15) is 11.8 Å². The SMILES string of the molecule is CCN(c1ccccc1)S(=O)(=O)c1ccc(OC)c(NC(=O)[C@H](C)NC(=O)C(C)(C)C)c1. The van der Waals surface area contributed by atoms with Crippen molar-refractivity contribution in [2.24, 2.45) is 5.41 Å². The Bertz CT molecular complexity index is 1060. The number of amides is 2. The van der Waals surface area contributed by atoms with Gasteiger partial charge < -0.3 is 15.4 Å². The minimum atomic E-state index is -3.89. The first-order valence-corrected chi connectivity index (χ1v) is 11.7. The number of hydrogen-bond acceptors (Lipinski definition) is 5. The summed E-state index contributed by atoms with van der Waals surface area (Å²) in [6, 6.07) is 12.2. The third-order valence-corrected chi connectivity index (χ3v) is 6.67. The first kappa shape index (κ1) is 25.2. The van der Waals surface area contributed by atoms with Gasteiger partial charge in [-0.25, -0.2) is 8.42 Å². The largest absolute Gasteiger partial charge is 0.495 e. The van der Waals surface area contributed by atoms with Gasteiger partial charge in [-0.2, -0.15) is 0 Å². The van der Waals surface area contributed by atoms with Gasteiger partial charge in [0.2, 0.25) is 11.8 Å². The van der Waals surface area contributed by atoms with Gasteiger partial charge in [0.15, 0.2) is 0 Å². The Kier molecular flexibility index (Phi) is 7.90. The Labute approximate surface area is 190 Å². The third kappa shape index (κ3) is 5.79. The molecule has 0 saturated carbocycles. The molecule has 2 rings (SSSR count). The maximum atomic E-state index is 13.3. The number of carbonyl (C=O) groups is 2. The average Bonchev–Trinajstić information content (AvgIpc) is 2.74. The number of nitrogens with one attached hydrogen (secondary N) is 2. The summed E-state index contributed by atoms with van der Waals surface area (Å²) in [4.78, 5) is 24.9. The van der Waals surface area contributed by atoms with Crippen LogP contribution in [0.15, 0.2) is 53.4 Å². The molecule has 0 radical (unpaired) electrons. The van der Waals surface area contributed by atoms with Crippen LogP contribution < -0.4 is 19.7 Å². The van der Waals surface area contributed by atoms with Crippen LogP contribution in [-0.4, -0.2) is 39.9 Å². The number of ether oxygens (including phenoxy) is 1. The van der Waals surface area contributed by atoms with Gasteiger partial charge in [0.05, 0.1) is 23.4 Å². The fourth-order valence-electron chi connectivity index (χ4n) is 2.88. The molecule has 2 N–H and O–H groups in total. The van der Waals surface area contributed by atoms with E-state index in [1.165, 1.54) is 29.6 Å². The Morgan fingerprint density at radius 3 is 2.25 bits per heavy atom. The number of carbonyl (C=O) groups excluding carboxylic acids is 2. The molecule has 0 aliphatic rings. The first-order valence-electron chi connectivity index (χ1n) is 10.3. The number of methoxy groups -OCH3 is 1. The summed E-state index contributed by atoms with van der Waals surface area (Å²) in [7, 11) is -2.47. The van der Waals surface area contributed by atoms with E-state index < -0.39 is 27.4 Å². The van der Waals surface area contributed by atoms with Crippen molar-refractivity contribution < 1.29 is 22.7 Å². The van der Waals surface area contributed by atoms with E-state index in [-0.39, 0.29) is 23.0 Å². The number of rotatable bonds is 8. The molecule has 8 nitrogen and oxygen atoms in total. The van der Waals surface area contributed by atoms with Gasteiger partial charge in [0, 0.05) is 12.0 Å². The predicted molar refractivity (Wildman–Crippen MR) is 125 cm³/mol. The smallest absolute Gasteiger partial charge is 0.264 e. The minimum Gasteiger partial charge on any atom is -0.495 e. The Morgan fingerprint density at radius 2 is 1.72 bits per heavy atom. The third-order valence-electron chi connectivity index (χ3n) is 4.77. The summed E-state index contributed by atoms with van der Waals surface area (Å²) >= 11 is 0. The highest BCUT2D eigenvalue weighted by atomic mass is 32.2. The molecular weight excluding hydrogens is 430 g/mol. The molecule has 0 heterocycles. The van der Waals surface area contributed by atoms with E-state index >= 15 is 0 Å². The highest BCUT2D eigenvalue weighted by Gasteiger charge is 2.27. The summed E-state index contributed by atoms with van der Waals surface area (Å²) in [5.74, 6) is -0.467. The lowest BCUT2D eigenvalue weighted by molar-refractivity contribution is -0.131. The van der Waals surface area contributed by atoms with Crippen LogP contribution in [-0.2, 0) is 19.6 Å². The van der Waals surface area contributed by atoms with Crippen LogP contribution in [0.25, 0.3) is 0 Å². The number of anilines is 2. The van der Waals surface area contributed by atoms with Crippen LogP contribution in [0.3, 0.4) is 0 Å². The highest BCUT2D eigenvalue weighted by molar-refractivity contribution is 7.92. The van der Waals surface area contributed by atoms with Gasteiger partial charge in [0.25, 0.3) is 10.0 Å². The second-order valence-electron chi connectivity index (χ2n) is 8.30. The minimum absolute atomic E-state index is 0.00526. The molecular formula is C23H31N3O5S. The molecule has 0 aliphatic heterocycles. The van der Waals surface area contributed by atoms with Gasteiger partial charge in [-0.15, -0.1) is 0 Å². The van der Waals surface area contributed by atoms with Crippen LogP contribution in [0.4, 0.5) is 11.4 Å². The van der Waals surface area contributed by atoms with E-state index in [9.17, 15) is 18.0 Å². The van der Waals surface area contributed by atoms with E-state index in [0.29, 0.717) is 11.4 Å². The molecule has 0 saturated heterocycles. The molecule has 0 unspecified atom stereocenters. The van der Waals surface area contributed by atoms with E-state index in [4.69, 9.17) is 4.74 Å². The molecule has 32 heavy (non-hydrogen) atoms. The van der Waals surface area contributed by atoms with Crippen molar-refractivity contribution in [3.05, 3.63) is 48.5 Å². The first-order chi connectivity index (χ1) is 14.9. The lowest BCUT2D eigenvalue weighted by Crippen LogP contribution is -2.46. The van der Waals surface area contributed by atoms with Crippen molar-refractivity contribution in [2.75, 3.05) is 23.3 Å². The van der Waals surface area contributed by atoms with Gasteiger partial charge in [-0.1, -0.05) is 39.0 Å². The van der Waals surface area contributed by atoms with Crippen LogP contribution >= 0.6 is 0 Å². The Morgan fingerprint density at radius 1 is 1.09 bits per heavy atom. The van der Waals surface area contributed by atoms with Crippen LogP contribution in [0.2, 0.25) is 0 Å². The summed E-state index contributed by atoms with van der Waals surface area (Å²) in [5, 5.41) is 5.32. The fraction of sp³-hybridized carbons (Fsp3) is 0.391. The molecule has 0 aromatic heterocycles. The lowest BCUT2D eigenvalue weighted by Gasteiger charge is -2.24. The van der Waals surface area contributed by atoms with Gasteiger partial charge in [-0.05, 0) is 44.2 Å². The van der Waals surface area contributed by atoms with Crippen molar-refractivity contribution in [3.8, 4) is 5.75 Å². The summed E-state index contributed by atoms with van der Waals surface area (Å²) in [6.45, 7) is 8.77. The molecule has 0 fully saturated rings. The van der Waals surface area contributed by atoms with Crippen LogP contribution in [0.5, 0.6) is 5.75 Å². The maximum Gasteiger partial charge on any atom is 0.264 e. The molecule has 9 heteroatoms. The lowest BCUT2D eigenvalue weighted by atomic mass is 9.95. The molecule has 1 atom stereocenters. The fourth-order valence-corrected chi connectivity index (χ4v) is 4.38. The van der Waals surface area contributed by atoms with Crippen molar-refractivity contribution >= 4 is 33.2 Å². The zero-order chi connectivity index (χ0) is 24.1. The van der Waals surface area contributed by atoms with E-state index in [2.05, 4.69) is 10.6 Å². The maximum absolute atomic E-state index is 13.3. The summed E-state index contributed by atoms with van der Waals surface area (Å²) < 4.78 is 33.2. The number of para-hydroxylation sites is 1. The van der Waals surface area contributed by atoms with Crippen molar-refractivity contribution in [3.63, 3.8) is 0 Å². The van der Waals surface area contributed by atoms with Crippen molar-refractivity contribution in [1.29, 1.82) is 0 Å². The zero-order valence-corrected chi connectivity index (χ0v) is 20.1. The van der Waals surface area contributed by atoms with Gasteiger partial charge >= 0.3 is 0 Å². The van der Waals surface area contributed by atoms with Gasteiger partial charge in [-0.3, -0.25) is 13.9 Å². The van der Waals surface area contributed by atoms with E-state index in [1.54, 1.807) is 58.9 Å². The zero-order valence-electron chi connectivity index (χ0n) is 19.3. The molecule has 0 aliphatic carbocycles. The van der Waals surface area contributed by atoms with E-state index in [0.717, 1.165) is 0 Å². The second-order valence-corrected chi connectivity index (χ2v) is 10.2. The number of nitrogens with zero attached hydrogens (tertiary/aromatic N) is 1. The Hall–Kier alpha value is -3.07. The molecule has 174 valence electrons. The molecule has 2 amide bonds. The quantitative estimate of drug-likeness (QED) is 0.627. The number of benzene rings is 2. The molecule has 2 aromatic rings. The predicted octanol–water partition coefficient (Wildman–Crippen LogP) is 3.40. The highest BCUT2D eigenvalue weighted by Crippen LogP contribution is 2.31. The summed E-state index contributed by atoms with van der Waals surface area (Å²) in [5.41, 5.74) is 0.0795. The molecule has 0 bridgehead atoms. The second kappa shape index (κ2) is 10.0. The van der Waals surface area contributed by atoms with Crippen molar-refractivity contribution in [1.82, 2.24) is 5.32 Å². The Balaban J connectivity index is 2.34. The molecule has 0 spiro atoms. The number of hydrogen-bond donors (Lipinski definition) is 2. The topological polar surface area (TPSA) is 105 Å². The van der Waals surface area contributed by atoms with Crippen LogP contribution in [0, 0.1) is 5.41 Å². The number of sulfonamides is 1.